The summed E-state index contributed by atoms with van der Waals surface area (Å²) in [6.07, 6.45) is 3.42. The number of thiazole rings is 1. The van der Waals surface area contributed by atoms with E-state index in [1.54, 1.807) is 26.4 Å². The van der Waals surface area contributed by atoms with Gasteiger partial charge in [0.1, 0.15) is 16.5 Å². The predicted octanol–water partition coefficient (Wildman–Crippen LogP) is 2.32. The zero-order valence-corrected chi connectivity index (χ0v) is 11.6. The van der Waals surface area contributed by atoms with E-state index in [-0.39, 0.29) is 12.6 Å². The normalized spacial score (nSPS) is 10.4. The minimum Gasteiger partial charge on any atom is -0.459 e. The van der Waals surface area contributed by atoms with Gasteiger partial charge in [0.15, 0.2) is 0 Å². The smallest absolute Gasteiger partial charge is 0.350 e. The molecule has 19 heavy (non-hydrogen) atoms. The average Bonchev–Trinajstić information content (AvgIpc) is 2.82. The van der Waals surface area contributed by atoms with Crippen molar-refractivity contribution in [3.8, 4) is 10.6 Å². The number of carbonyl (C=O) groups excluding carboxylic acids is 1. The van der Waals surface area contributed by atoms with Crippen molar-refractivity contribution in [1.29, 1.82) is 0 Å². The second-order valence-corrected chi connectivity index (χ2v) is 4.80. The molecule has 0 bridgehead atoms. The van der Waals surface area contributed by atoms with E-state index < -0.39 is 0 Å². The number of nitrogens with zero attached hydrogens (tertiary/aromatic N) is 2. The summed E-state index contributed by atoms with van der Waals surface area (Å²) < 4.78 is 9.92. The quantitative estimate of drug-likeness (QED) is 0.620. The first kappa shape index (κ1) is 13.6. The van der Waals surface area contributed by atoms with Crippen molar-refractivity contribution < 1.29 is 14.3 Å². The Hall–Kier alpha value is -1.79. The third-order valence-electron chi connectivity index (χ3n) is 2.41. The fourth-order valence-electron chi connectivity index (χ4n) is 1.48. The Kier molecular flexibility index (Phi) is 4.59. The molecule has 2 heterocycles. The van der Waals surface area contributed by atoms with Crippen LogP contribution in [0, 0.1) is 6.92 Å². The van der Waals surface area contributed by atoms with Crippen molar-refractivity contribution in [3.63, 3.8) is 0 Å². The number of esters is 1. The minimum absolute atomic E-state index is 0.245. The van der Waals surface area contributed by atoms with Gasteiger partial charge in [-0.05, 0) is 19.1 Å². The summed E-state index contributed by atoms with van der Waals surface area (Å²) in [7, 11) is 1.56. The fourth-order valence-corrected chi connectivity index (χ4v) is 2.43. The molecule has 0 aromatic carbocycles. The highest BCUT2D eigenvalue weighted by Crippen LogP contribution is 2.27. The maximum absolute atomic E-state index is 11.9. The third kappa shape index (κ3) is 3.36. The van der Waals surface area contributed by atoms with Crippen molar-refractivity contribution in [2.45, 2.75) is 6.92 Å². The predicted molar refractivity (Wildman–Crippen MR) is 72.2 cm³/mol. The summed E-state index contributed by atoms with van der Waals surface area (Å²) in [4.78, 5) is 20.8. The Morgan fingerprint density at radius 3 is 2.95 bits per heavy atom. The van der Waals surface area contributed by atoms with Crippen LogP contribution in [0.1, 0.15) is 15.4 Å². The molecule has 2 aromatic heterocycles. The molecule has 0 atom stereocenters. The summed E-state index contributed by atoms with van der Waals surface area (Å²) in [5, 5.41) is 0.768. The molecule has 2 aromatic rings. The first-order valence-corrected chi connectivity index (χ1v) is 6.58. The molecule has 100 valence electrons. The van der Waals surface area contributed by atoms with E-state index in [1.807, 2.05) is 12.1 Å². The van der Waals surface area contributed by atoms with Crippen LogP contribution in [0.5, 0.6) is 0 Å². The van der Waals surface area contributed by atoms with Gasteiger partial charge in [0, 0.05) is 25.1 Å². The van der Waals surface area contributed by atoms with Gasteiger partial charge in [-0.1, -0.05) is 0 Å². The van der Waals surface area contributed by atoms with Gasteiger partial charge in [-0.2, -0.15) is 0 Å². The average molecular weight is 278 g/mol. The van der Waals surface area contributed by atoms with Crippen LogP contribution in [0.15, 0.2) is 24.5 Å². The van der Waals surface area contributed by atoms with Crippen molar-refractivity contribution in [1.82, 2.24) is 9.97 Å². The van der Waals surface area contributed by atoms with Crippen LogP contribution in [0.3, 0.4) is 0 Å². The van der Waals surface area contributed by atoms with E-state index in [2.05, 4.69) is 9.97 Å². The molecule has 5 nitrogen and oxygen atoms in total. The first-order chi connectivity index (χ1) is 9.22. The minimum atomic E-state index is -0.359. The van der Waals surface area contributed by atoms with Crippen molar-refractivity contribution in [3.05, 3.63) is 35.1 Å². The number of hydrogen-bond donors (Lipinski definition) is 0. The number of hydrogen-bond acceptors (Lipinski definition) is 6. The Balaban J connectivity index is 2.15. The van der Waals surface area contributed by atoms with Crippen LogP contribution < -0.4 is 0 Å². The lowest BCUT2D eigenvalue weighted by molar-refractivity contribution is 0.0392. The zero-order chi connectivity index (χ0) is 13.7. The van der Waals surface area contributed by atoms with Crippen LogP contribution in [-0.4, -0.2) is 36.3 Å². The summed E-state index contributed by atoms with van der Waals surface area (Å²) in [5.74, 6) is -0.359. The van der Waals surface area contributed by atoms with Crippen molar-refractivity contribution >= 4 is 17.3 Å². The Morgan fingerprint density at radius 1 is 1.42 bits per heavy atom. The molecule has 2 rings (SSSR count). The SMILES string of the molecule is COCCOC(=O)c1sc(-c2cccnc2)nc1C. The molecule has 0 unspecified atom stereocenters. The lowest BCUT2D eigenvalue weighted by atomic mass is 10.3. The summed E-state index contributed by atoms with van der Waals surface area (Å²) in [6, 6.07) is 3.74. The second kappa shape index (κ2) is 6.40. The lowest BCUT2D eigenvalue weighted by Gasteiger charge is -2.01. The fraction of sp³-hybridized carbons (Fsp3) is 0.308. The van der Waals surface area contributed by atoms with E-state index in [0.29, 0.717) is 17.2 Å². The molecule has 0 spiro atoms. The molecule has 0 amide bonds. The van der Waals surface area contributed by atoms with Crippen LogP contribution >= 0.6 is 11.3 Å². The number of carbonyl (C=O) groups is 1. The Bertz CT molecular complexity index is 554. The van der Waals surface area contributed by atoms with Gasteiger partial charge in [-0.15, -0.1) is 11.3 Å². The molecular formula is C13H14N2O3S. The topological polar surface area (TPSA) is 61.3 Å². The molecule has 0 aliphatic heterocycles. The standard InChI is InChI=1S/C13H14N2O3S/c1-9-11(13(16)18-7-6-17-2)19-12(15-9)10-4-3-5-14-8-10/h3-5,8H,6-7H2,1-2H3. The lowest BCUT2D eigenvalue weighted by Crippen LogP contribution is -2.09. The summed E-state index contributed by atoms with van der Waals surface area (Å²) >= 11 is 1.31. The maximum Gasteiger partial charge on any atom is 0.350 e. The van der Waals surface area contributed by atoms with Gasteiger partial charge in [0.2, 0.25) is 0 Å². The summed E-state index contributed by atoms with van der Waals surface area (Å²) in [6.45, 7) is 2.43. The monoisotopic (exact) mass is 278 g/mol. The van der Waals surface area contributed by atoms with Crippen LogP contribution in [0.4, 0.5) is 0 Å². The number of aryl methyl sites for hydroxylation is 1. The molecule has 0 N–H and O–H groups in total. The number of pyridine rings is 1. The molecule has 0 aliphatic rings. The highest BCUT2D eigenvalue weighted by atomic mass is 32.1. The van der Waals surface area contributed by atoms with Gasteiger partial charge in [-0.25, -0.2) is 9.78 Å². The molecule has 0 saturated heterocycles. The number of rotatable bonds is 5. The largest absolute Gasteiger partial charge is 0.459 e. The Labute approximate surface area is 115 Å². The van der Waals surface area contributed by atoms with Crippen LogP contribution in [0.2, 0.25) is 0 Å². The van der Waals surface area contributed by atoms with E-state index in [9.17, 15) is 4.79 Å². The zero-order valence-electron chi connectivity index (χ0n) is 10.8. The number of methoxy groups -OCH3 is 1. The molecule has 0 aliphatic carbocycles. The van der Waals surface area contributed by atoms with Crippen molar-refractivity contribution in [2.24, 2.45) is 0 Å². The van der Waals surface area contributed by atoms with E-state index in [0.717, 1.165) is 10.6 Å². The number of aromatic nitrogens is 2. The van der Waals surface area contributed by atoms with Crippen LogP contribution in [0.25, 0.3) is 10.6 Å². The van der Waals surface area contributed by atoms with Crippen molar-refractivity contribution in [2.75, 3.05) is 20.3 Å². The molecule has 0 fully saturated rings. The second-order valence-electron chi connectivity index (χ2n) is 3.80. The van der Waals surface area contributed by atoms with Gasteiger partial charge in [-0.3, -0.25) is 4.98 Å². The number of ether oxygens (including phenoxy) is 2. The Morgan fingerprint density at radius 2 is 2.26 bits per heavy atom. The van der Waals surface area contributed by atoms with Gasteiger partial charge in [0.05, 0.1) is 12.3 Å². The molecule has 0 radical (unpaired) electrons. The molecular weight excluding hydrogens is 264 g/mol. The van der Waals surface area contributed by atoms with Gasteiger partial charge >= 0.3 is 5.97 Å². The molecule has 6 heteroatoms. The highest BCUT2D eigenvalue weighted by molar-refractivity contribution is 7.17. The summed E-state index contributed by atoms with van der Waals surface area (Å²) in [5.41, 5.74) is 1.57. The van der Waals surface area contributed by atoms with E-state index >= 15 is 0 Å². The van der Waals surface area contributed by atoms with E-state index in [1.165, 1.54) is 11.3 Å². The van der Waals surface area contributed by atoms with Gasteiger partial charge in [0.25, 0.3) is 0 Å². The molecule has 0 saturated carbocycles. The highest BCUT2D eigenvalue weighted by Gasteiger charge is 2.17. The third-order valence-corrected chi connectivity index (χ3v) is 3.60. The first-order valence-electron chi connectivity index (χ1n) is 5.76. The van der Waals surface area contributed by atoms with E-state index in [4.69, 9.17) is 9.47 Å². The van der Waals surface area contributed by atoms with Crippen LogP contribution in [-0.2, 0) is 9.47 Å². The maximum atomic E-state index is 11.9. The van der Waals surface area contributed by atoms with Gasteiger partial charge < -0.3 is 9.47 Å².